The van der Waals surface area contributed by atoms with Gasteiger partial charge in [-0.2, -0.15) is 0 Å². The van der Waals surface area contributed by atoms with Gasteiger partial charge in [0.25, 0.3) is 0 Å². The molecule has 13 nitrogen and oxygen atoms in total. The number of rotatable bonds is 14. The zero-order valence-corrected chi connectivity index (χ0v) is 50.3. The third-order valence-corrected chi connectivity index (χ3v) is 15.7. The summed E-state index contributed by atoms with van der Waals surface area (Å²) in [6.45, 7) is 3.40. The van der Waals surface area contributed by atoms with Crippen molar-refractivity contribution in [3.05, 3.63) is 314 Å². The Labute approximate surface area is 536 Å². The Balaban J connectivity index is 0.00000144. The average molecular weight is 1200 g/mol. The Hall–Kier alpha value is -12.9. The summed E-state index contributed by atoms with van der Waals surface area (Å²) in [5.74, 6) is 1.78. The third kappa shape index (κ3) is 12.1. The molecular formula is C80H55N11O2. The first kappa shape index (κ1) is 57.8. The third-order valence-electron chi connectivity index (χ3n) is 15.7. The Kier molecular flexibility index (Phi) is 16.4. The number of nitrogens with zero attached hydrogens (tertiary/aromatic N) is 10. The van der Waals surface area contributed by atoms with Crippen LogP contribution in [-0.2, 0) is 6.42 Å². The fraction of sp³-hybridized carbons (Fsp3) is 0.0250. The Morgan fingerprint density at radius 3 is 1.77 bits per heavy atom. The van der Waals surface area contributed by atoms with Crippen LogP contribution in [0.15, 0.2) is 299 Å². The summed E-state index contributed by atoms with van der Waals surface area (Å²) in [6, 6.07) is 56.5. The highest BCUT2D eigenvalue weighted by Crippen LogP contribution is 2.45. The molecule has 0 saturated heterocycles. The van der Waals surface area contributed by atoms with E-state index < -0.39 is 0 Å². The van der Waals surface area contributed by atoms with E-state index in [1.54, 1.807) is 75.0 Å². The Bertz CT molecular complexity index is 5270. The SMILES string of the molecule is C=CC=NC.N/C(=C\c1c(Cc2cc(-c3ccccc3)nc3c2oc2ccc(-c4c(-c5ccncc5)nc(C5=CC=CC=C=C5)nc4-c4ccncc4)cc23)oc2ccc(-c3c(C4=C=CC=NC=C4)nc(-c4ccccc4)nc3-c3ccncc3)cc12)c1ccccc1. The monoisotopic (exact) mass is 1200 g/mol. The first-order chi connectivity index (χ1) is 46.0. The number of pyridine rings is 4. The van der Waals surface area contributed by atoms with Gasteiger partial charge in [-0.3, -0.25) is 24.9 Å². The molecule has 93 heavy (non-hydrogen) atoms. The van der Waals surface area contributed by atoms with Gasteiger partial charge in [0.1, 0.15) is 22.4 Å². The number of fused-ring (bicyclic) bond motifs is 4. The average Bonchev–Trinajstić information content (AvgIpc) is 1.71. The quantitative estimate of drug-likeness (QED) is 0.0808. The zero-order valence-electron chi connectivity index (χ0n) is 50.3. The molecule has 2 N–H and O–H groups in total. The van der Waals surface area contributed by atoms with Crippen LogP contribution in [0, 0.1) is 0 Å². The molecule has 0 atom stereocenters. The first-order valence-corrected chi connectivity index (χ1v) is 30.1. The zero-order chi connectivity index (χ0) is 62.9. The minimum atomic E-state index is 0.302. The fourth-order valence-corrected chi connectivity index (χ4v) is 11.4. The maximum atomic E-state index is 7.15. The predicted molar refractivity (Wildman–Crippen MR) is 375 cm³/mol. The van der Waals surface area contributed by atoms with E-state index in [0.717, 1.165) is 111 Å². The summed E-state index contributed by atoms with van der Waals surface area (Å²) in [7, 11) is 1.71. The second kappa shape index (κ2) is 26.4. The van der Waals surface area contributed by atoms with Crippen molar-refractivity contribution in [2.75, 3.05) is 7.05 Å². The molecule has 13 heteroatoms. The van der Waals surface area contributed by atoms with E-state index in [-0.39, 0.29) is 0 Å². The first-order valence-electron chi connectivity index (χ1n) is 30.1. The molecule has 13 aromatic rings. The molecule has 2 aliphatic rings. The van der Waals surface area contributed by atoms with Gasteiger partial charge in [0, 0.05) is 147 Å². The van der Waals surface area contributed by atoms with Gasteiger partial charge in [0.05, 0.1) is 28.5 Å². The maximum Gasteiger partial charge on any atom is 0.161 e. The lowest BCUT2D eigenvalue weighted by Crippen LogP contribution is -2.03. The van der Waals surface area contributed by atoms with Crippen molar-refractivity contribution < 1.29 is 8.83 Å². The molecule has 5 aromatic carbocycles. The summed E-state index contributed by atoms with van der Waals surface area (Å²) in [5, 5.41) is 1.64. The number of allylic oxidation sites excluding steroid dienone is 8. The maximum absolute atomic E-state index is 7.15. The second-order valence-electron chi connectivity index (χ2n) is 21.6. The van der Waals surface area contributed by atoms with Crippen LogP contribution in [0.3, 0.4) is 0 Å². The lowest BCUT2D eigenvalue weighted by atomic mass is 9.92. The Morgan fingerprint density at radius 2 is 1.15 bits per heavy atom. The highest BCUT2D eigenvalue weighted by Gasteiger charge is 2.27. The smallest absolute Gasteiger partial charge is 0.161 e. The van der Waals surface area contributed by atoms with Crippen LogP contribution >= 0.6 is 0 Å². The minimum Gasteiger partial charge on any atom is -0.460 e. The van der Waals surface area contributed by atoms with Gasteiger partial charge >= 0.3 is 0 Å². The summed E-state index contributed by atoms with van der Waals surface area (Å²) < 4.78 is 14.1. The minimum absolute atomic E-state index is 0.302. The van der Waals surface area contributed by atoms with Crippen molar-refractivity contribution in [3.63, 3.8) is 0 Å². The molecule has 8 aromatic heterocycles. The summed E-state index contributed by atoms with van der Waals surface area (Å²) >= 11 is 0. The molecule has 9 heterocycles. The molecule has 0 unspecified atom stereocenters. The van der Waals surface area contributed by atoms with Crippen LogP contribution in [-0.4, -0.2) is 59.3 Å². The van der Waals surface area contributed by atoms with E-state index in [4.69, 9.17) is 39.5 Å². The van der Waals surface area contributed by atoms with Crippen molar-refractivity contribution in [2.24, 2.45) is 15.7 Å². The van der Waals surface area contributed by atoms with Crippen LogP contribution in [0.1, 0.15) is 34.0 Å². The largest absolute Gasteiger partial charge is 0.460 e. The summed E-state index contributed by atoms with van der Waals surface area (Å²) in [6.07, 6.45) is 33.1. The molecule has 15 rings (SSSR count). The van der Waals surface area contributed by atoms with Gasteiger partial charge in [-0.25, -0.2) is 24.9 Å². The van der Waals surface area contributed by atoms with Crippen LogP contribution < -0.4 is 5.73 Å². The van der Waals surface area contributed by atoms with Crippen molar-refractivity contribution >= 4 is 68.4 Å². The normalized spacial score (nSPS) is 12.7. The molecule has 0 fully saturated rings. The molecule has 0 amide bonds. The van der Waals surface area contributed by atoms with Crippen LogP contribution in [0.5, 0.6) is 0 Å². The predicted octanol–water partition coefficient (Wildman–Crippen LogP) is 17.9. The molecular weight excluding hydrogens is 1150 g/mol. The van der Waals surface area contributed by atoms with E-state index in [2.05, 4.69) is 85.4 Å². The number of aromatic nitrogens is 8. The highest BCUT2D eigenvalue weighted by molar-refractivity contribution is 6.08. The number of furan rings is 2. The van der Waals surface area contributed by atoms with Crippen LogP contribution in [0.4, 0.5) is 0 Å². The molecule has 0 spiro atoms. The van der Waals surface area contributed by atoms with Crippen LogP contribution in [0.25, 0.3) is 135 Å². The van der Waals surface area contributed by atoms with Crippen molar-refractivity contribution in [1.29, 1.82) is 0 Å². The van der Waals surface area contributed by atoms with E-state index in [0.29, 0.717) is 57.5 Å². The standard InChI is InChI=1S/C76H48N10O2.C4H7N/c77-62(48-15-8-3-9-16-48)47-60-59-43-56(67-69(50-23-14-35-78-36-28-50)83-75(55-21-12-5-13-22-55)84-70(67)51-29-37-79-38-30-51)24-26-64(59)87-66(60)46-58-45-63(49-17-10-4-11-18-49)82-73-61-44-57(25-27-65(61)88-74(58)73)68-71(52-31-39-80-40-32-52)85-76(54-19-6-1-2-7-20-54)86-72(68)53-33-41-81-42-34-53;1-3-4-5-2/h1-6,8-22,24-45,47H,46,77H2;3-4H,1H2,2H3/b62-47-;. The van der Waals surface area contributed by atoms with E-state index in [1.165, 1.54) is 0 Å². The van der Waals surface area contributed by atoms with Gasteiger partial charge in [-0.15, -0.1) is 11.5 Å². The topological polar surface area (TPSA) is 180 Å². The fourth-order valence-electron chi connectivity index (χ4n) is 11.4. The van der Waals surface area contributed by atoms with Gasteiger partial charge in [-0.05, 0) is 114 Å². The van der Waals surface area contributed by atoms with Crippen molar-refractivity contribution in [1.82, 2.24) is 39.9 Å². The van der Waals surface area contributed by atoms with Gasteiger partial charge in [0.2, 0.25) is 0 Å². The second-order valence-corrected chi connectivity index (χ2v) is 21.6. The molecule has 0 saturated carbocycles. The number of benzene rings is 5. The molecule has 1 aliphatic heterocycles. The van der Waals surface area contributed by atoms with E-state index in [9.17, 15) is 0 Å². The lowest BCUT2D eigenvalue weighted by molar-refractivity contribution is 0.560. The summed E-state index contributed by atoms with van der Waals surface area (Å²) in [5.41, 5.74) is 32.5. The summed E-state index contributed by atoms with van der Waals surface area (Å²) in [4.78, 5) is 48.0. The van der Waals surface area contributed by atoms with Gasteiger partial charge in [-0.1, -0.05) is 134 Å². The molecule has 0 bridgehead atoms. The van der Waals surface area contributed by atoms with Crippen molar-refractivity contribution in [3.8, 4) is 78.7 Å². The molecule has 0 radical (unpaired) electrons. The molecule has 442 valence electrons. The van der Waals surface area contributed by atoms with Gasteiger partial charge in [0.15, 0.2) is 17.2 Å². The Morgan fingerprint density at radius 1 is 0.570 bits per heavy atom. The van der Waals surface area contributed by atoms with E-state index >= 15 is 0 Å². The van der Waals surface area contributed by atoms with E-state index in [1.807, 2.05) is 170 Å². The lowest BCUT2D eigenvalue weighted by Gasteiger charge is -2.17. The highest BCUT2D eigenvalue weighted by atomic mass is 16.3. The van der Waals surface area contributed by atoms with Crippen molar-refractivity contribution in [2.45, 2.75) is 6.42 Å². The van der Waals surface area contributed by atoms with Gasteiger partial charge < -0.3 is 14.6 Å². The number of hydrogen-bond acceptors (Lipinski definition) is 13. The number of aliphatic imine (C=N–C) groups is 2. The molecule has 1 aliphatic carbocycles. The number of nitrogens with two attached hydrogens (primary N) is 1. The van der Waals surface area contributed by atoms with Crippen LogP contribution in [0.2, 0.25) is 0 Å². The number of hydrogen-bond donors (Lipinski definition) is 1.